The van der Waals surface area contributed by atoms with Crippen molar-refractivity contribution in [2.45, 2.75) is 33.6 Å². The molecule has 2 rings (SSSR count). The number of nitrogens with zero attached hydrogens (tertiary/aromatic N) is 1. The van der Waals surface area contributed by atoms with Gasteiger partial charge < -0.3 is 4.90 Å². The van der Waals surface area contributed by atoms with Gasteiger partial charge in [0, 0.05) is 18.2 Å². The van der Waals surface area contributed by atoms with Crippen molar-refractivity contribution in [3.05, 3.63) is 29.8 Å². The molecule has 3 nitrogen and oxygen atoms in total. The molecule has 1 atom stereocenters. The number of Topliss-reactive ketones (excluding diaryl/α,β-unsaturated/α-hetero) is 1. The molecule has 0 N–H and O–H groups in total. The average Bonchev–Trinajstić information content (AvgIpc) is 2.38. The summed E-state index contributed by atoms with van der Waals surface area (Å²) in [5.41, 5.74) is 2.04. The van der Waals surface area contributed by atoms with Crippen LogP contribution in [0.15, 0.2) is 24.3 Å². The zero-order chi connectivity index (χ0) is 14.0. The number of anilines is 1. The molecule has 1 aliphatic rings. The lowest BCUT2D eigenvalue weighted by Crippen LogP contribution is -2.45. The first-order valence-corrected chi connectivity index (χ1v) is 6.92. The fourth-order valence-electron chi connectivity index (χ4n) is 2.59. The highest BCUT2D eigenvalue weighted by Gasteiger charge is 2.35. The van der Waals surface area contributed by atoms with E-state index in [0.29, 0.717) is 13.0 Å². The summed E-state index contributed by atoms with van der Waals surface area (Å²) in [4.78, 5) is 26.4. The van der Waals surface area contributed by atoms with Crippen LogP contribution in [0.3, 0.4) is 0 Å². The summed E-state index contributed by atoms with van der Waals surface area (Å²) in [6.07, 6.45) is 1.58. The van der Waals surface area contributed by atoms with E-state index < -0.39 is 5.92 Å². The molecule has 0 unspecified atom stereocenters. The summed E-state index contributed by atoms with van der Waals surface area (Å²) in [6, 6.07) is 7.90. The van der Waals surface area contributed by atoms with E-state index in [-0.39, 0.29) is 17.6 Å². The second kappa shape index (κ2) is 5.55. The quantitative estimate of drug-likeness (QED) is 0.783. The van der Waals surface area contributed by atoms with Crippen LogP contribution >= 0.6 is 0 Å². The molecular weight excluding hydrogens is 238 g/mol. The predicted octanol–water partition coefficient (Wildman–Crippen LogP) is 2.96. The van der Waals surface area contributed by atoms with Crippen molar-refractivity contribution in [2.75, 3.05) is 11.4 Å². The minimum absolute atomic E-state index is 0.0319. The molecule has 102 valence electrons. The summed E-state index contributed by atoms with van der Waals surface area (Å²) in [7, 11) is 0. The van der Waals surface area contributed by atoms with Crippen LogP contribution in [0.4, 0.5) is 5.69 Å². The Kier molecular flexibility index (Phi) is 4.03. The molecule has 3 heteroatoms. The number of aryl methyl sites for hydroxylation is 1. The molecule has 1 amide bonds. The Morgan fingerprint density at radius 2 is 2.11 bits per heavy atom. The molecule has 19 heavy (non-hydrogen) atoms. The van der Waals surface area contributed by atoms with Crippen LogP contribution in [0.5, 0.6) is 0 Å². The van der Waals surface area contributed by atoms with Gasteiger partial charge in [-0.05, 0) is 37.5 Å². The van der Waals surface area contributed by atoms with E-state index in [0.717, 1.165) is 17.7 Å². The van der Waals surface area contributed by atoms with E-state index in [1.165, 1.54) is 0 Å². The predicted molar refractivity (Wildman–Crippen MR) is 76.1 cm³/mol. The van der Waals surface area contributed by atoms with Crippen LogP contribution in [0.2, 0.25) is 0 Å². The molecule has 0 bridgehead atoms. The fraction of sp³-hybridized carbons (Fsp3) is 0.500. The zero-order valence-corrected chi connectivity index (χ0v) is 11.8. The molecule has 1 saturated heterocycles. The Morgan fingerprint density at radius 1 is 1.37 bits per heavy atom. The highest BCUT2D eigenvalue weighted by molar-refractivity contribution is 6.09. The number of carbonyl (C=O) groups is 2. The summed E-state index contributed by atoms with van der Waals surface area (Å²) < 4.78 is 0. The third-order valence-corrected chi connectivity index (χ3v) is 3.66. The maximum atomic E-state index is 12.5. The fourth-order valence-corrected chi connectivity index (χ4v) is 2.59. The summed E-state index contributed by atoms with van der Waals surface area (Å²) in [6.45, 7) is 6.45. The number of hydrogen-bond donors (Lipinski definition) is 0. The Balaban J connectivity index is 2.23. The minimum atomic E-state index is -0.450. The van der Waals surface area contributed by atoms with E-state index >= 15 is 0 Å². The van der Waals surface area contributed by atoms with Gasteiger partial charge in [0.2, 0.25) is 5.91 Å². The largest absolute Gasteiger partial charge is 0.312 e. The molecule has 1 heterocycles. The van der Waals surface area contributed by atoms with Crippen molar-refractivity contribution in [1.82, 2.24) is 0 Å². The van der Waals surface area contributed by atoms with Crippen LogP contribution in [0.25, 0.3) is 0 Å². The molecule has 0 saturated carbocycles. The second-order valence-electron chi connectivity index (χ2n) is 5.58. The Labute approximate surface area is 114 Å². The third-order valence-electron chi connectivity index (χ3n) is 3.66. The van der Waals surface area contributed by atoms with E-state index in [9.17, 15) is 9.59 Å². The molecule has 0 aliphatic carbocycles. The van der Waals surface area contributed by atoms with Gasteiger partial charge in [0.05, 0.1) is 5.92 Å². The number of amides is 1. The first-order valence-electron chi connectivity index (χ1n) is 6.92. The number of hydrogen-bond acceptors (Lipinski definition) is 2. The lowest BCUT2D eigenvalue weighted by molar-refractivity contribution is -0.135. The highest BCUT2D eigenvalue weighted by atomic mass is 16.2. The van der Waals surface area contributed by atoms with Gasteiger partial charge in [0.15, 0.2) is 0 Å². The SMILES string of the molecule is Cc1cccc(N2CCC[C@H](C(=O)C(C)C)C2=O)c1. The molecule has 1 aliphatic heterocycles. The number of piperidine rings is 1. The molecule has 0 radical (unpaired) electrons. The number of ketones is 1. The van der Waals surface area contributed by atoms with Gasteiger partial charge in [0.1, 0.15) is 5.78 Å². The van der Waals surface area contributed by atoms with Gasteiger partial charge in [-0.25, -0.2) is 0 Å². The number of rotatable bonds is 3. The number of benzene rings is 1. The normalized spacial score (nSPS) is 19.9. The lowest BCUT2D eigenvalue weighted by atomic mass is 9.87. The molecule has 1 aromatic carbocycles. The zero-order valence-electron chi connectivity index (χ0n) is 11.8. The monoisotopic (exact) mass is 259 g/mol. The topological polar surface area (TPSA) is 37.4 Å². The summed E-state index contributed by atoms with van der Waals surface area (Å²) in [5.74, 6) is -0.487. The average molecular weight is 259 g/mol. The first kappa shape index (κ1) is 13.8. The van der Waals surface area contributed by atoms with Crippen molar-refractivity contribution in [3.63, 3.8) is 0 Å². The summed E-state index contributed by atoms with van der Waals surface area (Å²) in [5, 5.41) is 0. The van der Waals surface area contributed by atoms with E-state index in [4.69, 9.17) is 0 Å². The smallest absolute Gasteiger partial charge is 0.237 e. The van der Waals surface area contributed by atoms with Crippen molar-refractivity contribution < 1.29 is 9.59 Å². The Bertz CT molecular complexity index is 493. The number of carbonyl (C=O) groups excluding carboxylic acids is 2. The van der Waals surface area contributed by atoms with Crippen LogP contribution in [0, 0.1) is 18.8 Å². The van der Waals surface area contributed by atoms with Gasteiger partial charge in [-0.2, -0.15) is 0 Å². The maximum Gasteiger partial charge on any atom is 0.237 e. The van der Waals surface area contributed by atoms with Crippen molar-refractivity contribution in [1.29, 1.82) is 0 Å². The van der Waals surface area contributed by atoms with E-state index in [1.807, 2.05) is 45.0 Å². The highest BCUT2D eigenvalue weighted by Crippen LogP contribution is 2.27. The summed E-state index contributed by atoms with van der Waals surface area (Å²) >= 11 is 0. The first-order chi connectivity index (χ1) is 9.00. The van der Waals surface area contributed by atoms with Crippen LogP contribution < -0.4 is 4.90 Å². The van der Waals surface area contributed by atoms with Gasteiger partial charge >= 0.3 is 0 Å². The lowest BCUT2D eigenvalue weighted by Gasteiger charge is -2.32. The Morgan fingerprint density at radius 3 is 2.74 bits per heavy atom. The van der Waals surface area contributed by atoms with Crippen LogP contribution in [-0.2, 0) is 9.59 Å². The van der Waals surface area contributed by atoms with E-state index in [2.05, 4.69) is 0 Å². The van der Waals surface area contributed by atoms with Crippen LogP contribution in [0.1, 0.15) is 32.3 Å². The molecule has 1 fully saturated rings. The minimum Gasteiger partial charge on any atom is -0.312 e. The molecule has 1 aromatic rings. The van der Waals surface area contributed by atoms with Crippen molar-refractivity contribution >= 4 is 17.4 Å². The van der Waals surface area contributed by atoms with Gasteiger partial charge in [-0.1, -0.05) is 26.0 Å². The second-order valence-corrected chi connectivity index (χ2v) is 5.58. The van der Waals surface area contributed by atoms with Gasteiger partial charge in [-0.15, -0.1) is 0 Å². The van der Waals surface area contributed by atoms with Gasteiger partial charge in [-0.3, -0.25) is 9.59 Å². The third kappa shape index (κ3) is 2.86. The van der Waals surface area contributed by atoms with Crippen molar-refractivity contribution in [3.8, 4) is 0 Å². The van der Waals surface area contributed by atoms with Crippen LogP contribution in [-0.4, -0.2) is 18.2 Å². The van der Waals surface area contributed by atoms with E-state index in [1.54, 1.807) is 4.90 Å². The molecule has 0 aromatic heterocycles. The van der Waals surface area contributed by atoms with Gasteiger partial charge in [0.25, 0.3) is 0 Å². The van der Waals surface area contributed by atoms with Crippen molar-refractivity contribution in [2.24, 2.45) is 11.8 Å². The Hall–Kier alpha value is -1.64. The molecular formula is C16H21NO2. The molecule has 0 spiro atoms. The standard InChI is InChI=1S/C16H21NO2/c1-11(2)15(18)14-8-5-9-17(16(14)19)13-7-4-6-12(3)10-13/h4,6-7,10-11,14H,5,8-9H2,1-3H3/t14-/m1/s1. The maximum absolute atomic E-state index is 12.5.